The largest absolute Gasteiger partial charge is 0.493 e. The first-order valence-corrected chi connectivity index (χ1v) is 13.6. The van der Waals surface area contributed by atoms with Crippen LogP contribution in [0.3, 0.4) is 0 Å². The highest BCUT2D eigenvalue weighted by atomic mass is 79.9. The normalized spacial score (nSPS) is 17.9. The molecule has 2 aliphatic rings. The van der Waals surface area contributed by atoms with Crippen LogP contribution in [-0.4, -0.2) is 17.8 Å². The molecule has 0 unspecified atom stereocenters. The Labute approximate surface area is 232 Å². The molecule has 2 heterocycles. The number of hydrogen-bond acceptors (Lipinski definition) is 5. The van der Waals surface area contributed by atoms with Gasteiger partial charge in [0.1, 0.15) is 12.4 Å². The molecule has 186 valence electrons. The molecule has 0 amide bonds. The molecule has 0 aromatic heterocycles. The van der Waals surface area contributed by atoms with Gasteiger partial charge in [0.25, 0.3) is 0 Å². The van der Waals surface area contributed by atoms with E-state index in [9.17, 15) is 0 Å². The van der Waals surface area contributed by atoms with E-state index < -0.39 is 6.23 Å². The monoisotopic (exact) mass is 618 g/mol. The van der Waals surface area contributed by atoms with E-state index in [0.717, 1.165) is 49.1 Å². The summed E-state index contributed by atoms with van der Waals surface area (Å²) in [4.78, 5) is 0. The fourth-order valence-electron chi connectivity index (χ4n) is 4.83. The molecule has 0 N–H and O–H groups in total. The van der Waals surface area contributed by atoms with Crippen molar-refractivity contribution < 1.29 is 14.2 Å². The number of rotatable bonds is 6. The average molecular weight is 620 g/mol. The van der Waals surface area contributed by atoms with Crippen molar-refractivity contribution in [2.75, 3.05) is 7.11 Å². The zero-order valence-corrected chi connectivity index (χ0v) is 23.3. The van der Waals surface area contributed by atoms with Crippen molar-refractivity contribution in [1.82, 2.24) is 5.01 Å². The van der Waals surface area contributed by atoms with Gasteiger partial charge in [-0.25, -0.2) is 5.01 Å². The number of halogens is 2. The number of fused-ring (bicyclic) bond motifs is 3. The van der Waals surface area contributed by atoms with E-state index in [1.54, 1.807) is 7.11 Å². The van der Waals surface area contributed by atoms with Crippen molar-refractivity contribution in [3.05, 3.63) is 122 Å². The number of hydrazone groups is 1. The molecule has 0 saturated carbocycles. The van der Waals surface area contributed by atoms with Crippen LogP contribution in [0.15, 0.2) is 105 Å². The summed E-state index contributed by atoms with van der Waals surface area (Å²) in [6.07, 6.45) is 0.364. The van der Waals surface area contributed by atoms with Crippen LogP contribution in [0, 0.1) is 0 Å². The summed E-state index contributed by atoms with van der Waals surface area (Å²) >= 11 is 7.36. The van der Waals surface area contributed by atoms with E-state index >= 15 is 0 Å². The minimum absolute atomic E-state index is 0.0396. The second kappa shape index (κ2) is 10.2. The predicted molar refractivity (Wildman–Crippen MR) is 151 cm³/mol. The van der Waals surface area contributed by atoms with Crippen LogP contribution < -0.4 is 14.2 Å². The Morgan fingerprint density at radius 1 is 0.919 bits per heavy atom. The Kier molecular flexibility index (Phi) is 6.65. The zero-order valence-electron chi connectivity index (χ0n) is 20.1. The third-order valence-corrected chi connectivity index (χ3v) is 7.67. The smallest absolute Gasteiger partial charge is 0.214 e. The van der Waals surface area contributed by atoms with Crippen LogP contribution in [-0.2, 0) is 6.61 Å². The first-order valence-electron chi connectivity index (χ1n) is 12.0. The lowest BCUT2D eigenvalue weighted by atomic mass is 9.96. The molecule has 6 rings (SSSR count). The first kappa shape index (κ1) is 24.1. The molecule has 7 heteroatoms. The maximum atomic E-state index is 6.63. The molecule has 37 heavy (non-hydrogen) atoms. The number of nitrogens with zero attached hydrogens (tertiary/aromatic N) is 2. The molecule has 2 aliphatic heterocycles. The minimum Gasteiger partial charge on any atom is -0.493 e. The summed E-state index contributed by atoms with van der Waals surface area (Å²) in [6, 6.07) is 30.5. The molecule has 0 spiro atoms. The number of hydrogen-bond donors (Lipinski definition) is 0. The third kappa shape index (κ3) is 4.74. The zero-order chi connectivity index (χ0) is 25.4. The average Bonchev–Trinajstić information content (AvgIpc) is 3.39. The van der Waals surface area contributed by atoms with Crippen molar-refractivity contribution >= 4 is 37.6 Å². The van der Waals surface area contributed by atoms with Gasteiger partial charge >= 0.3 is 0 Å². The SMILES string of the molecule is COc1cc([C@H]2Oc3c(Br)cc(Br)cc3[C@@H]3CC(c4ccccc4)=NN23)ccc1OCc1ccccc1. The first-order chi connectivity index (χ1) is 18.1. The lowest BCUT2D eigenvalue weighted by molar-refractivity contribution is -0.0198. The van der Waals surface area contributed by atoms with Gasteiger partial charge in [-0.05, 0) is 57.4 Å². The Morgan fingerprint density at radius 2 is 1.68 bits per heavy atom. The molecule has 0 saturated heterocycles. The fourth-order valence-corrected chi connectivity index (χ4v) is 6.18. The highest BCUT2D eigenvalue weighted by molar-refractivity contribution is 9.11. The summed E-state index contributed by atoms with van der Waals surface area (Å²) in [6.45, 7) is 0.463. The molecule has 4 aromatic rings. The molecular weight excluding hydrogens is 596 g/mol. The molecule has 0 fully saturated rings. The van der Waals surface area contributed by atoms with Crippen molar-refractivity contribution in [2.24, 2.45) is 5.10 Å². The van der Waals surface area contributed by atoms with Gasteiger partial charge in [0.05, 0.1) is 23.3 Å². The Hall–Kier alpha value is -3.29. The number of benzene rings is 4. The van der Waals surface area contributed by atoms with E-state index in [1.807, 2.05) is 72.8 Å². The van der Waals surface area contributed by atoms with Crippen LogP contribution in [0.25, 0.3) is 0 Å². The van der Waals surface area contributed by atoms with Gasteiger partial charge in [-0.15, -0.1) is 0 Å². The van der Waals surface area contributed by atoms with Crippen LogP contribution in [0.2, 0.25) is 0 Å². The van der Waals surface area contributed by atoms with E-state index in [2.05, 4.69) is 55.1 Å². The molecule has 0 bridgehead atoms. The molecule has 5 nitrogen and oxygen atoms in total. The van der Waals surface area contributed by atoms with Crippen LogP contribution >= 0.6 is 31.9 Å². The standard InChI is InChI=1S/C30H24Br2N2O3/c1-35-28-14-21(12-13-27(28)36-18-19-8-4-2-5-9-19)30-34-26(17-25(33-34)20-10-6-3-7-11-20)23-15-22(31)16-24(32)29(23)37-30/h2-16,26,30H,17-18H2,1H3/t26-,30+/m0/s1. The topological polar surface area (TPSA) is 43.3 Å². The Bertz CT molecular complexity index is 1460. The Balaban J connectivity index is 1.36. The lowest BCUT2D eigenvalue weighted by Gasteiger charge is -2.38. The Morgan fingerprint density at radius 3 is 2.43 bits per heavy atom. The van der Waals surface area contributed by atoms with Gasteiger partial charge < -0.3 is 14.2 Å². The molecule has 0 radical (unpaired) electrons. The highest BCUT2D eigenvalue weighted by Gasteiger charge is 2.42. The minimum atomic E-state index is -0.423. The van der Waals surface area contributed by atoms with E-state index in [-0.39, 0.29) is 6.04 Å². The van der Waals surface area contributed by atoms with Crippen molar-refractivity contribution in [1.29, 1.82) is 0 Å². The van der Waals surface area contributed by atoms with Crippen LogP contribution in [0.4, 0.5) is 0 Å². The number of methoxy groups -OCH3 is 1. The highest BCUT2D eigenvalue weighted by Crippen LogP contribution is 2.51. The summed E-state index contributed by atoms with van der Waals surface area (Å²) in [5, 5.41) is 7.14. The molecule has 4 aromatic carbocycles. The van der Waals surface area contributed by atoms with Gasteiger partial charge in [0, 0.05) is 22.0 Å². The van der Waals surface area contributed by atoms with Crippen molar-refractivity contribution in [3.63, 3.8) is 0 Å². The van der Waals surface area contributed by atoms with Crippen LogP contribution in [0.5, 0.6) is 17.2 Å². The fraction of sp³-hybridized carbons (Fsp3) is 0.167. The van der Waals surface area contributed by atoms with E-state index in [1.165, 1.54) is 0 Å². The molecule has 2 atom stereocenters. The lowest BCUT2D eigenvalue weighted by Crippen LogP contribution is -2.34. The van der Waals surface area contributed by atoms with Gasteiger partial charge in [0.15, 0.2) is 11.5 Å². The molecule has 0 aliphatic carbocycles. The predicted octanol–water partition coefficient (Wildman–Crippen LogP) is 8.04. The maximum Gasteiger partial charge on any atom is 0.214 e. The van der Waals surface area contributed by atoms with Gasteiger partial charge in [-0.1, -0.05) is 76.6 Å². The van der Waals surface area contributed by atoms with Crippen molar-refractivity contribution in [3.8, 4) is 17.2 Å². The van der Waals surface area contributed by atoms with Gasteiger partial charge in [-0.2, -0.15) is 5.10 Å². The summed E-state index contributed by atoms with van der Waals surface area (Å²) in [5.74, 6) is 2.17. The van der Waals surface area contributed by atoms with E-state index in [0.29, 0.717) is 18.1 Å². The summed E-state index contributed by atoms with van der Waals surface area (Å²) in [5.41, 5.74) is 5.29. The number of ether oxygens (including phenoxy) is 3. The van der Waals surface area contributed by atoms with Crippen LogP contribution in [0.1, 0.15) is 40.9 Å². The van der Waals surface area contributed by atoms with E-state index in [4.69, 9.17) is 19.3 Å². The maximum absolute atomic E-state index is 6.63. The summed E-state index contributed by atoms with van der Waals surface area (Å²) < 4.78 is 20.3. The third-order valence-electron chi connectivity index (χ3n) is 6.63. The summed E-state index contributed by atoms with van der Waals surface area (Å²) in [7, 11) is 1.66. The molecular formula is C30H24Br2N2O3. The van der Waals surface area contributed by atoms with Gasteiger partial charge in [0.2, 0.25) is 6.23 Å². The second-order valence-corrected chi connectivity index (χ2v) is 10.7. The van der Waals surface area contributed by atoms with Gasteiger partial charge in [-0.3, -0.25) is 0 Å². The quantitative estimate of drug-likeness (QED) is 0.219. The van der Waals surface area contributed by atoms with Crippen molar-refractivity contribution in [2.45, 2.75) is 25.3 Å². The second-order valence-electron chi connectivity index (χ2n) is 8.97.